The fourth-order valence-corrected chi connectivity index (χ4v) is 1.94. The maximum Gasteiger partial charge on any atom is 0.334 e. The normalized spacial score (nSPS) is 13.3. The van der Waals surface area contributed by atoms with Crippen LogP contribution < -0.4 is 0 Å². The van der Waals surface area contributed by atoms with Gasteiger partial charge in [0.15, 0.2) is 6.10 Å². The largest absolute Gasteiger partial charge is 0.464 e. The van der Waals surface area contributed by atoms with Gasteiger partial charge in [-0.3, -0.25) is 4.99 Å². The van der Waals surface area contributed by atoms with Crippen molar-refractivity contribution < 1.29 is 14.3 Å². The van der Waals surface area contributed by atoms with E-state index >= 15 is 0 Å². The summed E-state index contributed by atoms with van der Waals surface area (Å²) in [4.78, 5) is 16.0. The van der Waals surface area contributed by atoms with Crippen LogP contribution in [0.5, 0.6) is 0 Å². The molecule has 1 aromatic rings. The van der Waals surface area contributed by atoms with Crippen molar-refractivity contribution in [3.05, 3.63) is 35.9 Å². The van der Waals surface area contributed by atoms with Gasteiger partial charge in [-0.05, 0) is 25.3 Å². The Morgan fingerprint density at radius 1 is 1.19 bits per heavy atom. The molecule has 116 valence electrons. The molecule has 0 saturated heterocycles. The van der Waals surface area contributed by atoms with E-state index in [0.717, 1.165) is 11.3 Å². The van der Waals surface area contributed by atoms with Crippen LogP contribution in [-0.2, 0) is 14.3 Å². The standard InChI is InChI=1S/C17H25NO3/c1-5-20-17(19)14(4)21-12-11-18-16(13(2)3)15-9-7-6-8-10-15/h6-10,13-14H,5,11-12H2,1-4H3. The first kappa shape index (κ1) is 17.4. The van der Waals surface area contributed by atoms with E-state index in [1.807, 2.05) is 18.2 Å². The zero-order valence-corrected chi connectivity index (χ0v) is 13.3. The molecule has 0 bridgehead atoms. The van der Waals surface area contributed by atoms with Crippen LogP contribution in [0.1, 0.15) is 33.3 Å². The third kappa shape index (κ3) is 6.08. The van der Waals surface area contributed by atoms with Crippen molar-refractivity contribution in [1.82, 2.24) is 0 Å². The molecule has 1 rings (SSSR count). The second-order valence-corrected chi connectivity index (χ2v) is 5.05. The Labute approximate surface area is 127 Å². The van der Waals surface area contributed by atoms with Crippen LogP contribution in [0.2, 0.25) is 0 Å². The summed E-state index contributed by atoms with van der Waals surface area (Å²) >= 11 is 0. The molecule has 1 aromatic carbocycles. The molecule has 0 aliphatic carbocycles. The molecule has 0 amide bonds. The van der Waals surface area contributed by atoms with Crippen LogP contribution in [-0.4, -0.2) is 37.5 Å². The zero-order valence-electron chi connectivity index (χ0n) is 13.3. The van der Waals surface area contributed by atoms with Gasteiger partial charge in [0.05, 0.1) is 19.8 Å². The van der Waals surface area contributed by atoms with Crippen molar-refractivity contribution in [3.8, 4) is 0 Å². The maximum absolute atomic E-state index is 11.4. The van der Waals surface area contributed by atoms with E-state index in [9.17, 15) is 4.79 Å². The number of aliphatic imine (C=N–C) groups is 1. The summed E-state index contributed by atoms with van der Waals surface area (Å²) in [7, 11) is 0. The van der Waals surface area contributed by atoms with Crippen molar-refractivity contribution in [2.75, 3.05) is 19.8 Å². The Kier molecular flexibility index (Phi) is 7.69. The molecule has 4 nitrogen and oxygen atoms in total. The molecule has 0 radical (unpaired) electrons. The van der Waals surface area contributed by atoms with Crippen molar-refractivity contribution >= 4 is 11.7 Å². The van der Waals surface area contributed by atoms with Crippen molar-refractivity contribution in [2.45, 2.75) is 33.8 Å². The first-order valence-corrected chi connectivity index (χ1v) is 7.44. The molecule has 1 unspecified atom stereocenters. The predicted molar refractivity (Wildman–Crippen MR) is 84.7 cm³/mol. The number of rotatable bonds is 8. The highest BCUT2D eigenvalue weighted by Gasteiger charge is 2.14. The van der Waals surface area contributed by atoms with Gasteiger partial charge in [0.2, 0.25) is 0 Å². The van der Waals surface area contributed by atoms with Crippen LogP contribution >= 0.6 is 0 Å². The van der Waals surface area contributed by atoms with Gasteiger partial charge in [-0.25, -0.2) is 4.79 Å². The average molecular weight is 291 g/mol. The van der Waals surface area contributed by atoms with Crippen LogP contribution in [0.15, 0.2) is 35.3 Å². The first-order valence-electron chi connectivity index (χ1n) is 7.44. The van der Waals surface area contributed by atoms with Gasteiger partial charge in [0, 0.05) is 5.71 Å². The molecule has 4 heteroatoms. The van der Waals surface area contributed by atoms with E-state index in [4.69, 9.17) is 9.47 Å². The molecule has 0 N–H and O–H groups in total. The molecular formula is C17H25NO3. The maximum atomic E-state index is 11.4. The van der Waals surface area contributed by atoms with E-state index in [1.165, 1.54) is 0 Å². The second kappa shape index (κ2) is 9.29. The Morgan fingerprint density at radius 3 is 2.43 bits per heavy atom. The molecule has 0 aromatic heterocycles. The number of nitrogens with zero attached hydrogens (tertiary/aromatic N) is 1. The number of hydrogen-bond donors (Lipinski definition) is 0. The molecule has 0 spiro atoms. The van der Waals surface area contributed by atoms with Crippen molar-refractivity contribution in [3.63, 3.8) is 0 Å². The molecular weight excluding hydrogens is 266 g/mol. The summed E-state index contributed by atoms with van der Waals surface area (Å²) in [5.74, 6) is 0.0171. The quantitative estimate of drug-likeness (QED) is 0.420. The van der Waals surface area contributed by atoms with Crippen LogP contribution in [0.4, 0.5) is 0 Å². The fourth-order valence-electron chi connectivity index (χ4n) is 1.94. The topological polar surface area (TPSA) is 47.9 Å². The number of esters is 1. The molecule has 0 heterocycles. The minimum atomic E-state index is -0.542. The molecule has 0 aliphatic rings. The fraction of sp³-hybridized carbons (Fsp3) is 0.529. The van der Waals surface area contributed by atoms with Gasteiger partial charge in [-0.1, -0.05) is 44.2 Å². The van der Waals surface area contributed by atoms with E-state index in [1.54, 1.807) is 13.8 Å². The zero-order chi connectivity index (χ0) is 15.7. The lowest BCUT2D eigenvalue weighted by Gasteiger charge is -2.13. The monoisotopic (exact) mass is 291 g/mol. The summed E-state index contributed by atoms with van der Waals surface area (Å²) in [6, 6.07) is 10.1. The van der Waals surface area contributed by atoms with E-state index in [2.05, 4.69) is 31.0 Å². The third-order valence-corrected chi connectivity index (χ3v) is 2.98. The highest BCUT2D eigenvalue weighted by Crippen LogP contribution is 2.09. The Bertz CT molecular complexity index is 454. The Balaban J connectivity index is 2.51. The van der Waals surface area contributed by atoms with Crippen LogP contribution in [0.3, 0.4) is 0 Å². The predicted octanol–water partition coefficient (Wildman–Crippen LogP) is 3.10. The van der Waals surface area contributed by atoms with Crippen LogP contribution in [0, 0.1) is 5.92 Å². The van der Waals surface area contributed by atoms with Crippen molar-refractivity contribution in [2.24, 2.45) is 10.9 Å². The van der Waals surface area contributed by atoms with Gasteiger partial charge in [-0.15, -0.1) is 0 Å². The lowest BCUT2D eigenvalue weighted by Crippen LogP contribution is -2.24. The minimum absolute atomic E-state index is 0.325. The van der Waals surface area contributed by atoms with Gasteiger partial charge >= 0.3 is 5.97 Å². The van der Waals surface area contributed by atoms with Crippen LogP contribution in [0.25, 0.3) is 0 Å². The summed E-state index contributed by atoms with van der Waals surface area (Å²) in [6.07, 6.45) is -0.542. The van der Waals surface area contributed by atoms with Gasteiger partial charge < -0.3 is 9.47 Å². The van der Waals surface area contributed by atoms with Gasteiger partial charge in [0.25, 0.3) is 0 Å². The minimum Gasteiger partial charge on any atom is -0.464 e. The van der Waals surface area contributed by atoms with E-state index in [-0.39, 0.29) is 5.97 Å². The Hall–Kier alpha value is -1.68. The molecule has 0 aliphatic heterocycles. The summed E-state index contributed by atoms with van der Waals surface area (Å²) < 4.78 is 10.3. The molecule has 21 heavy (non-hydrogen) atoms. The highest BCUT2D eigenvalue weighted by atomic mass is 16.6. The SMILES string of the molecule is CCOC(=O)C(C)OCCN=C(c1ccccc1)C(C)C. The van der Waals surface area contributed by atoms with E-state index in [0.29, 0.717) is 25.7 Å². The highest BCUT2D eigenvalue weighted by molar-refractivity contribution is 6.01. The lowest BCUT2D eigenvalue weighted by atomic mass is 10.00. The second-order valence-electron chi connectivity index (χ2n) is 5.05. The smallest absolute Gasteiger partial charge is 0.334 e. The molecule has 0 saturated carbocycles. The van der Waals surface area contributed by atoms with Crippen molar-refractivity contribution in [1.29, 1.82) is 0 Å². The number of ether oxygens (including phenoxy) is 2. The van der Waals surface area contributed by atoms with Gasteiger partial charge in [0.1, 0.15) is 0 Å². The number of hydrogen-bond acceptors (Lipinski definition) is 4. The number of benzene rings is 1. The number of carbonyl (C=O) groups is 1. The van der Waals surface area contributed by atoms with E-state index < -0.39 is 6.10 Å². The first-order chi connectivity index (χ1) is 10.1. The summed E-state index contributed by atoms with van der Waals surface area (Å²) in [5, 5.41) is 0. The molecule has 1 atom stereocenters. The lowest BCUT2D eigenvalue weighted by molar-refractivity contribution is -0.155. The third-order valence-electron chi connectivity index (χ3n) is 2.98. The average Bonchev–Trinajstić information content (AvgIpc) is 2.47. The van der Waals surface area contributed by atoms with Gasteiger partial charge in [-0.2, -0.15) is 0 Å². The molecule has 0 fully saturated rings. The summed E-state index contributed by atoms with van der Waals surface area (Å²) in [5.41, 5.74) is 2.19. The summed E-state index contributed by atoms with van der Waals surface area (Å²) in [6.45, 7) is 9.03. The Morgan fingerprint density at radius 2 is 1.86 bits per heavy atom. The number of carbonyl (C=O) groups excluding carboxylic acids is 1.